The number of nitrogens with one attached hydrogen (secondary N) is 2. The van der Waals surface area contributed by atoms with Crippen LogP contribution in [0.15, 0.2) is 54.7 Å². The third kappa shape index (κ3) is 6.10. The van der Waals surface area contributed by atoms with Crippen molar-refractivity contribution >= 4 is 23.5 Å². The fourth-order valence-electron chi connectivity index (χ4n) is 3.21. The molecule has 3 aromatic rings. The molecule has 0 saturated carbocycles. The van der Waals surface area contributed by atoms with E-state index in [0.717, 1.165) is 0 Å². The molecule has 0 bridgehead atoms. The summed E-state index contributed by atoms with van der Waals surface area (Å²) in [4.78, 5) is 40.2. The highest BCUT2D eigenvalue weighted by atomic mass is 16.5. The van der Waals surface area contributed by atoms with Crippen molar-refractivity contribution in [2.24, 2.45) is 0 Å². The molecule has 0 fully saturated rings. The summed E-state index contributed by atoms with van der Waals surface area (Å²) in [7, 11) is 0. The quantitative estimate of drug-likeness (QED) is 0.361. The third-order valence-corrected chi connectivity index (χ3v) is 4.77. The number of benzene rings is 2. The third-order valence-electron chi connectivity index (χ3n) is 4.77. The van der Waals surface area contributed by atoms with Crippen molar-refractivity contribution in [1.82, 2.24) is 10.3 Å². The summed E-state index contributed by atoms with van der Waals surface area (Å²) in [6.45, 7) is 5.49. The number of ether oxygens (including phenoxy) is 2. The van der Waals surface area contributed by atoms with Gasteiger partial charge in [-0.1, -0.05) is 6.07 Å². The molecule has 0 atom stereocenters. The zero-order valence-corrected chi connectivity index (χ0v) is 19.0. The van der Waals surface area contributed by atoms with Crippen LogP contribution in [-0.4, -0.2) is 34.5 Å². The van der Waals surface area contributed by atoms with Crippen molar-refractivity contribution in [3.63, 3.8) is 0 Å². The van der Waals surface area contributed by atoms with Gasteiger partial charge < -0.3 is 25.2 Å². The molecule has 1 heterocycles. The van der Waals surface area contributed by atoms with Crippen molar-refractivity contribution < 1.29 is 29.0 Å². The number of aryl methyl sites for hydroxylation is 2. The van der Waals surface area contributed by atoms with Gasteiger partial charge in [-0.3, -0.25) is 14.6 Å². The van der Waals surface area contributed by atoms with E-state index in [1.54, 1.807) is 57.3 Å². The van der Waals surface area contributed by atoms with Crippen LogP contribution >= 0.6 is 0 Å². The van der Waals surface area contributed by atoms with Gasteiger partial charge in [0.25, 0.3) is 5.91 Å². The minimum atomic E-state index is -0.962. The topological polar surface area (TPSA) is 127 Å². The molecule has 0 saturated heterocycles. The molecule has 3 rings (SSSR count). The number of aromatic hydroxyl groups is 1. The Morgan fingerprint density at radius 1 is 1.03 bits per heavy atom. The molecule has 2 amide bonds. The molecule has 0 radical (unpaired) electrons. The number of esters is 1. The predicted octanol–water partition coefficient (Wildman–Crippen LogP) is 3.63. The van der Waals surface area contributed by atoms with Gasteiger partial charge in [-0.15, -0.1) is 0 Å². The first kappa shape index (κ1) is 24.2. The maximum Gasteiger partial charge on any atom is 0.397 e. The summed E-state index contributed by atoms with van der Waals surface area (Å²) < 4.78 is 10.7. The molecule has 0 aliphatic heterocycles. The molecule has 9 nitrogen and oxygen atoms in total. The number of pyridine rings is 1. The Balaban J connectivity index is 1.74. The average molecular weight is 463 g/mol. The monoisotopic (exact) mass is 463 g/mol. The van der Waals surface area contributed by atoms with Crippen LogP contribution < -0.4 is 15.4 Å². The SMILES string of the molecule is CCOC(=O)C(=O)Nc1cc(C)c(Oc2ccc(O)c(C(=O)NCc3ccccn3)c2)c(C)c1. The fraction of sp³-hybridized carbons (Fsp3) is 0.200. The summed E-state index contributed by atoms with van der Waals surface area (Å²) in [5.41, 5.74) is 2.54. The second kappa shape index (κ2) is 11.0. The highest BCUT2D eigenvalue weighted by Crippen LogP contribution is 2.33. The van der Waals surface area contributed by atoms with Gasteiger partial charge >= 0.3 is 11.9 Å². The Kier molecular flexibility index (Phi) is 7.81. The van der Waals surface area contributed by atoms with Gasteiger partial charge in [0.05, 0.1) is 24.4 Å². The van der Waals surface area contributed by atoms with Crippen LogP contribution in [-0.2, 0) is 20.9 Å². The van der Waals surface area contributed by atoms with Crippen molar-refractivity contribution in [1.29, 1.82) is 0 Å². The Morgan fingerprint density at radius 2 is 1.76 bits per heavy atom. The van der Waals surface area contributed by atoms with Gasteiger partial charge in [-0.25, -0.2) is 4.79 Å². The summed E-state index contributed by atoms with van der Waals surface area (Å²) in [6, 6.07) is 13.0. The molecule has 3 N–H and O–H groups in total. The standard InChI is InChI=1S/C25H25N3O6/c1-4-33-25(32)24(31)28-18-11-15(2)22(16(3)12-18)34-19-8-9-21(29)20(13-19)23(30)27-14-17-7-5-6-10-26-17/h5-13,29H,4,14H2,1-3H3,(H,27,30)(H,28,31). The van der Waals surface area contributed by atoms with E-state index in [-0.39, 0.29) is 24.5 Å². The van der Waals surface area contributed by atoms with E-state index in [4.69, 9.17) is 4.74 Å². The van der Waals surface area contributed by atoms with E-state index in [0.29, 0.717) is 34.0 Å². The second-order valence-corrected chi connectivity index (χ2v) is 7.40. The Hall–Kier alpha value is -4.40. The normalized spacial score (nSPS) is 10.3. The van der Waals surface area contributed by atoms with Gasteiger partial charge in [0.1, 0.15) is 17.2 Å². The number of nitrogens with zero attached hydrogens (tertiary/aromatic N) is 1. The van der Waals surface area contributed by atoms with Gasteiger partial charge in [0.15, 0.2) is 0 Å². The average Bonchev–Trinajstić information content (AvgIpc) is 2.81. The lowest BCUT2D eigenvalue weighted by molar-refractivity contribution is -0.152. The fourth-order valence-corrected chi connectivity index (χ4v) is 3.21. The first-order chi connectivity index (χ1) is 16.3. The van der Waals surface area contributed by atoms with Crippen LogP contribution in [0.25, 0.3) is 0 Å². The van der Waals surface area contributed by atoms with E-state index in [2.05, 4.69) is 20.4 Å². The number of hydrogen-bond acceptors (Lipinski definition) is 7. The van der Waals surface area contributed by atoms with Gasteiger partial charge in [-0.05, 0) is 74.4 Å². The molecule has 0 spiro atoms. The highest BCUT2D eigenvalue weighted by Gasteiger charge is 2.17. The number of amides is 2. The van der Waals surface area contributed by atoms with Crippen LogP contribution in [0.3, 0.4) is 0 Å². The second-order valence-electron chi connectivity index (χ2n) is 7.40. The minimum Gasteiger partial charge on any atom is -0.507 e. The summed E-state index contributed by atoms with van der Waals surface area (Å²) in [6.07, 6.45) is 1.63. The predicted molar refractivity (Wildman–Crippen MR) is 125 cm³/mol. The van der Waals surface area contributed by atoms with Crippen molar-refractivity contribution in [3.8, 4) is 17.2 Å². The lowest BCUT2D eigenvalue weighted by Crippen LogP contribution is -2.25. The van der Waals surface area contributed by atoms with Gasteiger partial charge in [0.2, 0.25) is 0 Å². The van der Waals surface area contributed by atoms with Crippen LogP contribution in [0.4, 0.5) is 5.69 Å². The molecular formula is C25H25N3O6. The molecule has 0 unspecified atom stereocenters. The largest absolute Gasteiger partial charge is 0.507 e. The molecule has 0 aliphatic carbocycles. The van der Waals surface area contributed by atoms with E-state index in [1.807, 2.05) is 6.07 Å². The summed E-state index contributed by atoms with van der Waals surface area (Å²) >= 11 is 0. The maximum absolute atomic E-state index is 12.6. The number of rotatable bonds is 7. The number of aromatic nitrogens is 1. The molecule has 34 heavy (non-hydrogen) atoms. The number of carbonyl (C=O) groups excluding carboxylic acids is 3. The molecular weight excluding hydrogens is 438 g/mol. The highest BCUT2D eigenvalue weighted by molar-refractivity contribution is 6.37. The van der Waals surface area contributed by atoms with E-state index in [1.165, 1.54) is 12.1 Å². The zero-order chi connectivity index (χ0) is 24.7. The van der Waals surface area contributed by atoms with Crippen molar-refractivity contribution in [3.05, 3.63) is 77.1 Å². The lowest BCUT2D eigenvalue weighted by Gasteiger charge is -2.15. The minimum absolute atomic E-state index is 0.0575. The summed E-state index contributed by atoms with van der Waals surface area (Å²) in [5, 5.41) is 15.4. The Bertz CT molecular complexity index is 1190. The van der Waals surface area contributed by atoms with Crippen molar-refractivity contribution in [2.45, 2.75) is 27.3 Å². The van der Waals surface area contributed by atoms with Gasteiger partial charge in [-0.2, -0.15) is 0 Å². The number of phenolic OH excluding ortho intramolecular Hbond substituents is 1. The number of phenols is 1. The maximum atomic E-state index is 12.6. The van der Waals surface area contributed by atoms with E-state index >= 15 is 0 Å². The van der Waals surface area contributed by atoms with Crippen LogP contribution in [0, 0.1) is 13.8 Å². The van der Waals surface area contributed by atoms with E-state index < -0.39 is 17.8 Å². The molecule has 9 heteroatoms. The molecule has 2 aromatic carbocycles. The van der Waals surface area contributed by atoms with Crippen LogP contribution in [0.5, 0.6) is 17.2 Å². The van der Waals surface area contributed by atoms with Crippen molar-refractivity contribution in [2.75, 3.05) is 11.9 Å². The van der Waals surface area contributed by atoms with E-state index in [9.17, 15) is 19.5 Å². The smallest absolute Gasteiger partial charge is 0.397 e. The Labute approximate surface area is 196 Å². The first-order valence-corrected chi connectivity index (χ1v) is 10.6. The van der Waals surface area contributed by atoms with Gasteiger partial charge in [0, 0.05) is 11.9 Å². The number of carbonyl (C=O) groups is 3. The lowest BCUT2D eigenvalue weighted by atomic mass is 10.1. The van der Waals surface area contributed by atoms with Crippen LogP contribution in [0.2, 0.25) is 0 Å². The molecule has 176 valence electrons. The first-order valence-electron chi connectivity index (χ1n) is 10.6. The molecule has 1 aromatic heterocycles. The zero-order valence-electron chi connectivity index (χ0n) is 19.0. The summed E-state index contributed by atoms with van der Waals surface area (Å²) in [5.74, 6) is -1.63. The molecule has 0 aliphatic rings. The van der Waals surface area contributed by atoms with Crippen LogP contribution in [0.1, 0.15) is 34.1 Å². The Morgan fingerprint density at radius 3 is 2.41 bits per heavy atom. The number of hydrogen-bond donors (Lipinski definition) is 3. The number of anilines is 1.